The Morgan fingerprint density at radius 2 is 2.05 bits per heavy atom. The van der Waals surface area contributed by atoms with E-state index in [-0.39, 0.29) is 18.7 Å². The van der Waals surface area contributed by atoms with Gasteiger partial charge in [-0.3, -0.25) is 0 Å². The minimum Gasteiger partial charge on any atom is -0.394 e. The number of benzene rings is 1. The number of amides is 2. The average molecular weight is 288 g/mol. The van der Waals surface area contributed by atoms with Crippen molar-refractivity contribution in [3.05, 3.63) is 35.4 Å². The smallest absolute Gasteiger partial charge is 0.315 e. The zero-order chi connectivity index (χ0) is 14.9. The molecule has 3 N–H and O–H groups in total. The van der Waals surface area contributed by atoms with Crippen molar-refractivity contribution in [1.29, 1.82) is 0 Å². The summed E-state index contributed by atoms with van der Waals surface area (Å²) in [4.78, 5) is 12.3. The van der Waals surface area contributed by atoms with Gasteiger partial charge in [-0.15, -0.1) is 0 Å². The maximum absolute atomic E-state index is 12.3. The van der Waals surface area contributed by atoms with E-state index >= 15 is 0 Å². The molecule has 1 fully saturated rings. The third-order valence-electron chi connectivity index (χ3n) is 5.03. The second kappa shape index (κ2) is 5.68. The first-order chi connectivity index (χ1) is 10.1. The van der Waals surface area contributed by atoms with E-state index in [1.807, 2.05) is 12.1 Å². The number of aliphatic hydroxyl groups excluding tert-OH is 1. The van der Waals surface area contributed by atoms with E-state index in [4.69, 9.17) is 0 Å². The zero-order valence-corrected chi connectivity index (χ0v) is 12.6. The molecular formula is C17H24N2O2. The Balaban J connectivity index is 1.68. The third-order valence-corrected chi connectivity index (χ3v) is 5.03. The molecule has 1 saturated carbocycles. The van der Waals surface area contributed by atoms with E-state index in [0.717, 1.165) is 32.1 Å². The number of aliphatic hydroxyl groups is 1. The second-order valence-electron chi connectivity index (χ2n) is 6.60. The Morgan fingerprint density at radius 3 is 2.76 bits per heavy atom. The van der Waals surface area contributed by atoms with Gasteiger partial charge in [0.2, 0.25) is 0 Å². The lowest BCUT2D eigenvalue weighted by atomic mass is 9.99. The Labute approximate surface area is 125 Å². The van der Waals surface area contributed by atoms with Crippen LogP contribution in [0.2, 0.25) is 0 Å². The van der Waals surface area contributed by atoms with E-state index in [1.54, 1.807) is 0 Å². The molecule has 0 aromatic heterocycles. The van der Waals surface area contributed by atoms with Crippen LogP contribution in [0.3, 0.4) is 0 Å². The van der Waals surface area contributed by atoms with Crippen LogP contribution in [0.1, 0.15) is 49.8 Å². The van der Waals surface area contributed by atoms with Gasteiger partial charge in [-0.2, -0.15) is 0 Å². The normalized spacial score (nSPS) is 26.4. The first kappa shape index (κ1) is 14.4. The number of hydrogen-bond donors (Lipinski definition) is 3. The van der Waals surface area contributed by atoms with Crippen molar-refractivity contribution in [1.82, 2.24) is 10.6 Å². The van der Waals surface area contributed by atoms with Gasteiger partial charge in [0.25, 0.3) is 0 Å². The number of nitrogens with one attached hydrogen (secondary N) is 2. The van der Waals surface area contributed by atoms with Crippen molar-refractivity contribution in [2.75, 3.05) is 6.61 Å². The molecule has 0 saturated heterocycles. The molecule has 2 aliphatic carbocycles. The summed E-state index contributed by atoms with van der Waals surface area (Å²) in [5.74, 6) is 0.404. The maximum Gasteiger partial charge on any atom is 0.315 e. The van der Waals surface area contributed by atoms with Crippen molar-refractivity contribution in [3.63, 3.8) is 0 Å². The molecule has 0 radical (unpaired) electrons. The third kappa shape index (κ3) is 2.77. The molecule has 4 nitrogen and oxygen atoms in total. The van der Waals surface area contributed by atoms with Crippen LogP contribution in [-0.4, -0.2) is 23.3 Å². The fourth-order valence-electron chi connectivity index (χ4n) is 3.81. The summed E-state index contributed by atoms with van der Waals surface area (Å²) in [5, 5.41) is 15.7. The topological polar surface area (TPSA) is 61.4 Å². The standard InChI is InChI=1S/C17H24N2O2/c1-12-10-13-6-2-3-7-14(13)15(12)18-16(21)19-17(11-20)8-4-5-9-17/h2-3,6-7,12,15,20H,4-5,8-11H2,1H3,(H2,18,19,21). The van der Waals surface area contributed by atoms with Gasteiger partial charge in [-0.05, 0) is 36.3 Å². The quantitative estimate of drug-likeness (QED) is 0.800. The molecule has 1 aromatic rings. The number of carbonyl (C=O) groups is 1. The molecule has 3 rings (SSSR count). The average Bonchev–Trinajstić information content (AvgIpc) is 3.05. The van der Waals surface area contributed by atoms with Crippen LogP contribution < -0.4 is 10.6 Å². The van der Waals surface area contributed by atoms with E-state index in [2.05, 4.69) is 29.7 Å². The molecule has 2 unspecified atom stereocenters. The van der Waals surface area contributed by atoms with Crippen molar-refractivity contribution < 1.29 is 9.90 Å². The van der Waals surface area contributed by atoms with Crippen LogP contribution in [0, 0.1) is 5.92 Å². The summed E-state index contributed by atoms with van der Waals surface area (Å²) >= 11 is 0. The number of urea groups is 1. The summed E-state index contributed by atoms with van der Waals surface area (Å²) in [6, 6.07) is 8.22. The number of fused-ring (bicyclic) bond motifs is 1. The minimum atomic E-state index is -0.411. The lowest BCUT2D eigenvalue weighted by Crippen LogP contribution is -2.53. The molecule has 114 valence electrons. The molecule has 2 atom stereocenters. The van der Waals surface area contributed by atoms with E-state index in [9.17, 15) is 9.90 Å². The van der Waals surface area contributed by atoms with Crippen LogP contribution >= 0.6 is 0 Å². The van der Waals surface area contributed by atoms with Gasteiger partial charge >= 0.3 is 6.03 Å². The minimum absolute atomic E-state index is 0.0250. The van der Waals surface area contributed by atoms with Gasteiger partial charge in [0.05, 0.1) is 18.2 Å². The highest BCUT2D eigenvalue weighted by molar-refractivity contribution is 5.75. The highest BCUT2D eigenvalue weighted by Crippen LogP contribution is 2.36. The summed E-state index contributed by atoms with van der Waals surface area (Å²) in [5.41, 5.74) is 2.14. The van der Waals surface area contributed by atoms with Gasteiger partial charge in [0.1, 0.15) is 0 Å². The fraction of sp³-hybridized carbons (Fsp3) is 0.588. The fourth-order valence-corrected chi connectivity index (χ4v) is 3.81. The Kier molecular flexibility index (Phi) is 3.89. The highest BCUT2D eigenvalue weighted by atomic mass is 16.3. The molecule has 1 aromatic carbocycles. The van der Waals surface area contributed by atoms with Crippen LogP contribution in [0.5, 0.6) is 0 Å². The Bertz CT molecular complexity index is 523. The van der Waals surface area contributed by atoms with Crippen LogP contribution in [0.15, 0.2) is 24.3 Å². The summed E-state index contributed by atoms with van der Waals surface area (Å²) in [7, 11) is 0. The van der Waals surface area contributed by atoms with E-state index in [0.29, 0.717) is 5.92 Å². The van der Waals surface area contributed by atoms with Crippen molar-refractivity contribution >= 4 is 6.03 Å². The summed E-state index contributed by atoms with van der Waals surface area (Å²) in [6.45, 7) is 2.19. The van der Waals surface area contributed by atoms with Gasteiger partial charge in [0.15, 0.2) is 0 Å². The first-order valence-electron chi connectivity index (χ1n) is 7.91. The van der Waals surface area contributed by atoms with E-state index in [1.165, 1.54) is 11.1 Å². The summed E-state index contributed by atoms with van der Waals surface area (Å²) < 4.78 is 0. The van der Waals surface area contributed by atoms with Crippen LogP contribution in [0.4, 0.5) is 4.79 Å². The number of hydrogen-bond acceptors (Lipinski definition) is 2. The van der Waals surface area contributed by atoms with Crippen molar-refractivity contribution in [2.45, 2.75) is 50.6 Å². The lowest BCUT2D eigenvalue weighted by Gasteiger charge is -2.29. The van der Waals surface area contributed by atoms with Crippen molar-refractivity contribution in [3.8, 4) is 0 Å². The second-order valence-corrected chi connectivity index (χ2v) is 6.60. The monoisotopic (exact) mass is 288 g/mol. The van der Waals surface area contributed by atoms with Gasteiger partial charge in [-0.25, -0.2) is 4.79 Å². The highest BCUT2D eigenvalue weighted by Gasteiger charge is 2.36. The van der Waals surface area contributed by atoms with Gasteiger partial charge in [-0.1, -0.05) is 44.0 Å². The van der Waals surface area contributed by atoms with Crippen molar-refractivity contribution in [2.24, 2.45) is 5.92 Å². The zero-order valence-electron chi connectivity index (χ0n) is 12.6. The number of rotatable bonds is 3. The lowest BCUT2D eigenvalue weighted by molar-refractivity contribution is 0.160. The largest absolute Gasteiger partial charge is 0.394 e. The Morgan fingerprint density at radius 1 is 1.33 bits per heavy atom. The Hall–Kier alpha value is -1.55. The van der Waals surface area contributed by atoms with Gasteiger partial charge in [0, 0.05) is 0 Å². The van der Waals surface area contributed by atoms with Crippen LogP contribution in [-0.2, 0) is 6.42 Å². The molecule has 21 heavy (non-hydrogen) atoms. The molecular weight excluding hydrogens is 264 g/mol. The molecule has 0 bridgehead atoms. The van der Waals surface area contributed by atoms with Gasteiger partial charge < -0.3 is 15.7 Å². The SMILES string of the molecule is CC1Cc2ccccc2C1NC(=O)NC1(CO)CCCC1. The molecule has 2 aliphatic rings. The van der Waals surface area contributed by atoms with E-state index < -0.39 is 5.54 Å². The maximum atomic E-state index is 12.3. The summed E-state index contributed by atoms with van der Waals surface area (Å²) in [6.07, 6.45) is 4.89. The molecule has 0 aliphatic heterocycles. The molecule has 4 heteroatoms. The number of carbonyl (C=O) groups excluding carboxylic acids is 1. The predicted molar refractivity (Wildman–Crippen MR) is 82.0 cm³/mol. The van der Waals surface area contributed by atoms with Crippen LogP contribution in [0.25, 0.3) is 0 Å². The first-order valence-corrected chi connectivity index (χ1v) is 7.91. The molecule has 2 amide bonds. The predicted octanol–water partition coefficient (Wildman–Crippen LogP) is 2.52. The molecule has 0 spiro atoms. The molecule has 0 heterocycles.